The number of hydrogen-bond donors (Lipinski definition) is 3. The number of carboxylic acid groups (broad SMARTS) is 1. The molecule has 1 atom stereocenters. The van der Waals surface area contributed by atoms with Crippen molar-refractivity contribution >= 4 is 5.97 Å². The maximum Gasteiger partial charge on any atom is 0.304 e. The van der Waals surface area contributed by atoms with Gasteiger partial charge in [0.05, 0.1) is 19.2 Å². The molecular formula is C9H14N2O3. The zero-order valence-corrected chi connectivity index (χ0v) is 7.77. The molecule has 0 aromatic carbocycles. The maximum atomic E-state index is 10.3. The van der Waals surface area contributed by atoms with Crippen molar-refractivity contribution < 1.29 is 14.3 Å². The van der Waals surface area contributed by atoms with Crippen LogP contribution in [0.15, 0.2) is 22.8 Å². The zero-order chi connectivity index (χ0) is 10.4. The number of furan rings is 1. The van der Waals surface area contributed by atoms with Crippen LogP contribution in [0.25, 0.3) is 0 Å². The smallest absolute Gasteiger partial charge is 0.304 e. The van der Waals surface area contributed by atoms with Crippen LogP contribution < -0.4 is 11.1 Å². The number of aliphatic carboxylic acids is 1. The summed E-state index contributed by atoms with van der Waals surface area (Å²) in [4.78, 5) is 10.3. The number of nitrogens with two attached hydrogens (primary N) is 1. The Morgan fingerprint density at radius 3 is 3.07 bits per heavy atom. The summed E-state index contributed by atoms with van der Waals surface area (Å²) in [5, 5.41) is 11.5. The van der Waals surface area contributed by atoms with Gasteiger partial charge in [-0.3, -0.25) is 4.79 Å². The topological polar surface area (TPSA) is 88.5 Å². The van der Waals surface area contributed by atoms with E-state index in [0.717, 1.165) is 5.76 Å². The Labute approximate surface area is 81.9 Å². The standard InChI is InChI=1S/C9H14N2O3/c10-7(4-9(12)13)5-11-6-8-2-1-3-14-8/h1-3,7,11H,4-6,10H2,(H,12,13). The Bertz CT molecular complexity index is 272. The first kappa shape index (κ1) is 10.7. The molecule has 0 aliphatic carbocycles. The first-order valence-electron chi connectivity index (χ1n) is 4.39. The van der Waals surface area contributed by atoms with E-state index in [9.17, 15) is 4.79 Å². The summed E-state index contributed by atoms with van der Waals surface area (Å²) in [6.07, 6.45) is 1.57. The normalized spacial score (nSPS) is 12.6. The number of carbonyl (C=O) groups is 1. The minimum Gasteiger partial charge on any atom is -0.481 e. The summed E-state index contributed by atoms with van der Waals surface area (Å²) in [6, 6.07) is 3.28. The van der Waals surface area contributed by atoms with Crippen molar-refractivity contribution in [2.45, 2.75) is 19.0 Å². The second-order valence-electron chi connectivity index (χ2n) is 3.07. The van der Waals surface area contributed by atoms with Gasteiger partial charge in [0.2, 0.25) is 0 Å². The minimum absolute atomic E-state index is 0.0227. The Morgan fingerprint density at radius 2 is 2.50 bits per heavy atom. The molecule has 1 heterocycles. The first-order chi connectivity index (χ1) is 6.68. The highest BCUT2D eigenvalue weighted by molar-refractivity contribution is 5.67. The van der Waals surface area contributed by atoms with Crippen LogP contribution in [-0.4, -0.2) is 23.7 Å². The lowest BCUT2D eigenvalue weighted by molar-refractivity contribution is -0.137. The zero-order valence-electron chi connectivity index (χ0n) is 7.77. The van der Waals surface area contributed by atoms with Crippen LogP contribution in [0.3, 0.4) is 0 Å². The van der Waals surface area contributed by atoms with E-state index in [1.165, 1.54) is 0 Å². The number of nitrogens with one attached hydrogen (secondary N) is 1. The molecule has 5 heteroatoms. The fraction of sp³-hybridized carbons (Fsp3) is 0.444. The van der Waals surface area contributed by atoms with Crippen LogP contribution in [0.1, 0.15) is 12.2 Å². The van der Waals surface area contributed by atoms with Gasteiger partial charge in [0.15, 0.2) is 0 Å². The fourth-order valence-electron chi connectivity index (χ4n) is 1.09. The molecule has 0 aliphatic heterocycles. The second-order valence-corrected chi connectivity index (χ2v) is 3.07. The van der Waals surface area contributed by atoms with Crippen molar-refractivity contribution in [1.82, 2.24) is 5.32 Å². The van der Waals surface area contributed by atoms with E-state index >= 15 is 0 Å². The van der Waals surface area contributed by atoms with Crippen LogP contribution in [0.5, 0.6) is 0 Å². The van der Waals surface area contributed by atoms with E-state index in [1.54, 1.807) is 12.3 Å². The molecule has 0 saturated carbocycles. The largest absolute Gasteiger partial charge is 0.481 e. The summed E-state index contributed by atoms with van der Waals surface area (Å²) < 4.78 is 5.08. The third-order valence-corrected chi connectivity index (χ3v) is 1.72. The first-order valence-corrected chi connectivity index (χ1v) is 4.39. The lowest BCUT2D eigenvalue weighted by Crippen LogP contribution is -2.35. The molecule has 5 nitrogen and oxygen atoms in total. The van der Waals surface area contributed by atoms with Crippen LogP contribution in [0.2, 0.25) is 0 Å². The summed E-state index contributed by atoms with van der Waals surface area (Å²) in [5.74, 6) is -0.0650. The highest BCUT2D eigenvalue weighted by Crippen LogP contribution is 1.98. The predicted octanol–water partition coefficient (Wildman–Crippen LogP) is 0.171. The molecule has 78 valence electrons. The van der Waals surface area contributed by atoms with Gasteiger partial charge in [-0.1, -0.05) is 0 Å². The molecule has 14 heavy (non-hydrogen) atoms. The Balaban J connectivity index is 2.12. The van der Waals surface area contributed by atoms with Crippen molar-refractivity contribution in [1.29, 1.82) is 0 Å². The van der Waals surface area contributed by atoms with Gasteiger partial charge in [0.1, 0.15) is 5.76 Å². The molecule has 1 aromatic heterocycles. The van der Waals surface area contributed by atoms with Gasteiger partial charge >= 0.3 is 5.97 Å². The van der Waals surface area contributed by atoms with E-state index in [2.05, 4.69) is 5.32 Å². The summed E-state index contributed by atoms with van der Waals surface area (Å²) in [6.45, 7) is 1.04. The molecule has 1 rings (SSSR count). The summed E-state index contributed by atoms with van der Waals surface area (Å²) >= 11 is 0. The van der Waals surface area contributed by atoms with Crippen molar-refractivity contribution in [3.05, 3.63) is 24.2 Å². The maximum absolute atomic E-state index is 10.3. The molecule has 0 aliphatic rings. The van der Waals surface area contributed by atoms with Gasteiger partial charge in [-0.15, -0.1) is 0 Å². The molecule has 0 amide bonds. The number of carboxylic acids is 1. The van der Waals surface area contributed by atoms with Crippen LogP contribution in [-0.2, 0) is 11.3 Å². The molecule has 1 unspecified atom stereocenters. The highest BCUT2D eigenvalue weighted by Gasteiger charge is 2.07. The van der Waals surface area contributed by atoms with Crippen molar-refractivity contribution in [2.75, 3.05) is 6.54 Å². The minimum atomic E-state index is -0.878. The van der Waals surface area contributed by atoms with Gasteiger partial charge in [-0.05, 0) is 12.1 Å². The van der Waals surface area contributed by atoms with Crippen LogP contribution in [0.4, 0.5) is 0 Å². The van der Waals surface area contributed by atoms with Crippen LogP contribution in [0, 0.1) is 0 Å². The second kappa shape index (κ2) is 5.41. The van der Waals surface area contributed by atoms with Crippen molar-refractivity contribution in [3.63, 3.8) is 0 Å². The monoisotopic (exact) mass is 198 g/mol. The third-order valence-electron chi connectivity index (χ3n) is 1.72. The SMILES string of the molecule is NC(CNCc1ccco1)CC(=O)O. The van der Waals surface area contributed by atoms with Gasteiger partial charge < -0.3 is 20.6 Å². The third kappa shape index (κ3) is 4.06. The van der Waals surface area contributed by atoms with Gasteiger partial charge in [0, 0.05) is 12.6 Å². The van der Waals surface area contributed by atoms with E-state index in [4.69, 9.17) is 15.3 Å². The Morgan fingerprint density at radius 1 is 1.71 bits per heavy atom. The average molecular weight is 198 g/mol. The van der Waals surface area contributed by atoms with Gasteiger partial charge in [-0.2, -0.15) is 0 Å². The van der Waals surface area contributed by atoms with E-state index in [-0.39, 0.29) is 12.5 Å². The molecule has 0 spiro atoms. The molecule has 0 radical (unpaired) electrons. The van der Waals surface area contributed by atoms with E-state index in [0.29, 0.717) is 13.1 Å². The molecular weight excluding hydrogens is 184 g/mol. The molecule has 0 bridgehead atoms. The van der Waals surface area contributed by atoms with E-state index in [1.807, 2.05) is 6.07 Å². The molecule has 0 fully saturated rings. The molecule has 0 saturated heterocycles. The fourth-order valence-corrected chi connectivity index (χ4v) is 1.09. The lowest BCUT2D eigenvalue weighted by Gasteiger charge is -2.08. The van der Waals surface area contributed by atoms with Crippen LogP contribution >= 0.6 is 0 Å². The van der Waals surface area contributed by atoms with Crippen molar-refractivity contribution in [2.24, 2.45) is 5.73 Å². The number of rotatable bonds is 6. The highest BCUT2D eigenvalue weighted by atomic mass is 16.4. The number of hydrogen-bond acceptors (Lipinski definition) is 4. The lowest BCUT2D eigenvalue weighted by atomic mass is 10.2. The predicted molar refractivity (Wildman–Crippen MR) is 50.6 cm³/mol. The van der Waals surface area contributed by atoms with Gasteiger partial charge in [-0.25, -0.2) is 0 Å². The molecule has 4 N–H and O–H groups in total. The van der Waals surface area contributed by atoms with Crippen molar-refractivity contribution in [3.8, 4) is 0 Å². The summed E-state index contributed by atoms with van der Waals surface area (Å²) in [7, 11) is 0. The van der Waals surface area contributed by atoms with E-state index < -0.39 is 5.97 Å². The summed E-state index contributed by atoms with van der Waals surface area (Å²) in [5.41, 5.74) is 5.54. The van der Waals surface area contributed by atoms with Gasteiger partial charge in [0.25, 0.3) is 0 Å². The molecule has 1 aromatic rings. The quantitative estimate of drug-likeness (QED) is 0.606. The average Bonchev–Trinajstić information content (AvgIpc) is 2.55. The Kier molecular flexibility index (Phi) is 4.15. The Hall–Kier alpha value is -1.33.